The molecule has 2 aromatic carbocycles. The van der Waals surface area contributed by atoms with Crippen molar-refractivity contribution in [2.24, 2.45) is 0 Å². The van der Waals surface area contributed by atoms with E-state index in [-0.39, 0.29) is 27.9 Å². The Morgan fingerprint density at radius 3 is 2.76 bits per heavy atom. The Morgan fingerprint density at radius 2 is 2.06 bits per heavy atom. The molecule has 174 valence electrons. The standard InChI is InChI=1S/C21H19F3N4O4S/c22-21(23,24)14-8-16-18(17(9-14)28(30)31)33-20(26-16)19(29)25-10-15-12-27(6-7-32-15)11-13-4-2-1-3-5-13/h1-5,8-9,15H,6-7,10-12H2,(H-,25,29,30,31)/p+1. The number of nitrogens with one attached hydrogen (secondary N) is 1. The number of hydrogen-bond acceptors (Lipinski definition) is 6. The number of alkyl halides is 3. The van der Waals surface area contributed by atoms with Gasteiger partial charge in [0.1, 0.15) is 4.70 Å². The Kier molecular flexibility index (Phi) is 6.58. The minimum Gasteiger partial charge on any atom is -0.374 e. The number of nitrogens with zero attached hydrogens (tertiary/aromatic N) is 3. The molecule has 1 aliphatic rings. The second-order valence-electron chi connectivity index (χ2n) is 7.56. The summed E-state index contributed by atoms with van der Waals surface area (Å²) in [6.45, 7) is 2.81. The summed E-state index contributed by atoms with van der Waals surface area (Å²) in [6, 6.07) is 11.2. The molecule has 4 rings (SSSR count). The topological polar surface area (TPSA) is 94.8 Å². The van der Waals surface area contributed by atoms with Crippen LogP contribution in [0.3, 0.4) is 0 Å². The fourth-order valence-corrected chi connectivity index (χ4v) is 4.54. The third-order valence-electron chi connectivity index (χ3n) is 5.16. The highest BCUT2D eigenvalue weighted by Gasteiger charge is 2.35. The first kappa shape index (κ1) is 23.1. The zero-order valence-electron chi connectivity index (χ0n) is 17.2. The van der Waals surface area contributed by atoms with Crippen molar-refractivity contribution in [2.45, 2.75) is 18.8 Å². The molecule has 2 heterocycles. The van der Waals surface area contributed by atoms with Gasteiger partial charge in [-0.15, -0.1) is 11.3 Å². The van der Waals surface area contributed by atoms with Gasteiger partial charge in [-0.1, -0.05) is 30.3 Å². The lowest BCUT2D eigenvalue weighted by atomic mass is 10.2. The molecule has 0 spiro atoms. The second kappa shape index (κ2) is 9.41. The van der Waals surface area contributed by atoms with Crippen LogP contribution in [-0.2, 0) is 17.5 Å². The summed E-state index contributed by atoms with van der Waals surface area (Å²) in [4.78, 5) is 29.5. The van der Waals surface area contributed by atoms with Crippen LogP contribution in [0, 0.1) is 4.91 Å². The lowest BCUT2D eigenvalue weighted by Gasteiger charge is -2.33. The molecule has 1 amide bonds. The van der Waals surface area contributed by atoms with E-state index in [2.05, 4.69) is 15.2 Å². The number of halogens is 3. The summed E-state index contributed by atoms with van der Waals surface area (Å²) < 4.78 is 45.0. The maximum Gasteiger partial charge on any atom is 0.416 e. The largest absolute Gasteiger partial charge is 0.416 e. The van der Waals surface area contributed by atoms with Crippen molar-refractivity contribution in [3.63, 3.8) is 0 Å². The van der Waals surface area contributed by atoms with Crippen LogP contribution in [0.1, 0.15) is 20.9 Å². The van der Waals surface area contributed by atoms with Gasteiger partial charge < -0.3 is 10.1 Å². The number of aromatic nitrogens is 1. The van der Waals surface area contributed by atoms with Gasteiger partial charge in [-0.2, -0.15) is 13.2 Å². The zero-order chi connectivity index (χ0) is 23.6. The number of fused-ring (bicyclic) bond motifs is 1. The van der Waals surface area contributed by atoms with E-state index in [1.165, 1.54) is 5.56 Å². The summed E-state index contributed by atoms with van der Waals surface area (Å²) in [5.41, 5.74) is -0.801. The van der Waals surface area contributed by atoms with Crippen molar-refractivity contribution in [1.82, 2.24) is 15.2 Å². The van der Waals surface area contributed by atoms with E-state index in [4.69, 9.17) is 4.74 Å². The number of morpholine rings is 1. The molecule has 1 fully saturated rings. The highest BCUT2D eigenvalue weighted by atomic mass is 32.1. The number of carbonyl (C=O) groups excluding carboxylic acids is 1. The number of rotatable bonds is 6. The summed E-state index contributed by atoms with van der Waals surface area (Å²) in [7, 11) is 0. The molecule has 8 nitrogen and oxygen atoms in total. The van der Waals surface area contributed by atoms with Crippen molar-refractivity contribution >= 4 is 33.1 Å². The van der Waals surface area contributed by atoms with Crippen LogP contribution in [0.5, 0.6) is 0 Å². The quantitative estimate of drug-likeness (QED) is 0.521. The fraction of sp³-hybridized carbons (Fsp3) is 0.333. The van der Waals surface area contributed by atoms with Gasteiger partial charge in [0.05, 0.1) is 28.7 Å². The number of amides is 1. The first-order valence-corrected chi connectivity index (χ1v) is 10.9. The predicted molar refractivity (Wildman–Crippen MR) is 113 cm³/mol. The van der Waals surface area contributed by atoms with Crippen molar-refractivity contribution in [2.75, 3.05) is 26.2 Å². The van der Waals surface area contributed by atoms with Crippen LogP contribution in [0.25, 0.3) is 10.2 Å². The van der Waals surface area contributed by atoms with Crippen LogP contribution in [0.15, 0.2) is 42.5 Å². The number of carbonyl (C=O) groups is 1. The molecular formula is C21H20F3N4O4S+. The van der Waals surface area contributed by atoms with E-state index in [9.17, 15) is 28.1 Å². The Morgan fingerprint density at radius 1 is 1.30 bits per heavy atom. The Bertz CT molecular complexity index is 1170. The third kappa shape index (κ3) is 5.46. The van der Waals surface area contributed by atoms with Gasteiger partial charge in [-0.05, 0) is 11.6 Å². The summed E-state index contributed by atoms with van der Waals surface area (Å²) >= 11 is 0.725. The first-order valence-electron chi connectivity index (χ1n) is 10.0. The van der Waals surface area contributed by atoms with Crippen molar-refractivity contribution in [3.05, 3.63) is 63.5 Å². The molecule has 1 unspecified atom stereocenters. The molecule has 0 saturated carbocycles. The van der Waals surface area contributed by atoms with Crippen LogP contribution in [0.2, 0.25) is 0 Å². The third-order valence-corrected chi connectivity index (χ3v) is 6.25. The normalized spacial score (nSPS) is 17.2. The molecule has 0 aliphatic carbocycles. The van der Waals surface area contributed by atoms with Crippen molar-refractivity contribution < 1.29 is 32.8 Å². The van der Waals surface area contributed by atoms with Gasteiger partial charge in [0.15, 0.2) is 5.01 Å². The average Bonchev–Trinajstić information content (AvgIpc) is 3.21. The molecule has 1 aromatic heterocycles. The molecule has 12 heteroatoms. The molecule has 2 N–H and O–H groups in total. The van der Waals surface area contributed by atoms with E-state index < -0.39 is 28.3 Å². The first-order chi connectivity index (χ1) is 15.7. The van der Waals surface area contributed by atoms with Gasteiger partial charge in [0, 0.05) is 32.2 Å². The van der Waals surface area contributed by atoms with Gasteiger partial charge >= 0.3 is 11.9 Å². The van der Waals surface area contributed by atoms with E-state index in [0.717, 1.165) is 30.5 Å². The SMILES string of the molecule is O=C(NCC1CN(Cc2ccccc2)CCO1)c1nc2cc(C(F)(F)F)cc([N+](=O)O)c2s1. The molecule has 3 aromatic rings. The van der Waals surface area contributed by atoms with Gasteiger partial charge in [0.2, 0.25) is 0 Å². The predicted octanol–water partition coefficient (Wildman–Crippen LogP) is 3.75. The summed E-state index contributed by atoms with van der Waals surface area (Å²) in [6.07, 6.45) is -5.00. The highest BCUT2D eigenvalue weighted by Crippen LogP contribution is 2.38. The lowest BCUT2D eigenvalue weighted by Crippen LogP contribution is -2.47. The molecule has 0 radical (unpaired) electrons. The Balaban J connectivity index is 1.43. The smallest absolute Gasteiger partial charge is 0.374 e. The summed E-state index contributed by atoms with van der Waals surface area (Å²) in [5.74, 6) is -0.602. The zero-order valence-corrected chi connectivity index (χ0v) is 18.0. The molecule has 1 saturated heterocycles. The van der Waals surface area contributed by atoms with Crippen LogP contribution in [-0.4, -0.2) is 58.3 Å². The van der Waals surface area contributed by atoms with Crippen LogP contribution >= 0.6 is 11.3 Å². The molecule has 0 bridgehead atoms. The monoisotopic (exact) mass is 481 g/mol. The maximum absolute atomic E-state index is 13.1. The van der Waals surface area contributed by atoms with Gasteiger partial charge in [0.25, 0.3) is 10.8 Å². The van der Waals surface area contributed by atoms with E-state index in [0.29, 0.717) is 19.2 Å². The molecule has 33 heavy (non-hydrogen) atoms. The maximum atomic E-state index is 13.1. The van der Waals surface area contributed by atoms with Crippen LogP contribution < -0.4 is 5.32 Å². The minimum atomic E-state index is -4.74. The number of hydrogen-bond donors (Lipinski definition) is 2. The fourth-order valence-electron chi connectivity index (χ4n) is 3.59. The number of ether oxygens (including phenoxy) is 1. The second-order valence-corrected chi connectivity index (χ2v) is 8.56. The highest BCUT2D eigenvalue weighted by molar-refractivity contribution is 7.20. The minimum absolute atomic E-state index is 0.0198. The molecule has 1 aliphatic heterocycles. The molecular weight excluding hydrogens is 461 g/mol. The van der Waals surface area contributed by atoms with E-state index in [1.807, 2.05) is 30.3 Å². The number of thiazole rings is 1. The Labute approximate surface area is 190 Å². The van der Waals surface area contributed by atoms with Crippen molar-refractivity contribution in [1.29, 1.82) is 0 Å². The van der Waals surface area contributed by atoms with Gasteiger partial charge in [-0.25, -0.2) is 10.2 Å². The average molecular weight is 481 g/mol. The molecule has 1 atom stereocenters. The summed E-state index contributed by atoms with van der Waals surface area (Å²) in [5, 5.41) is 11.8. The van der Waals surface area contributed by atoms with E-state index >= 15 is 0 Å². The van der Waals surface area contributed by atoms with Gasteiger partial charge in [-0.3, -0.25) is 9.69 Å². The lowest BCUT2D eigenvalue weighted by molar-refractivity contribution is -0.728. The van der Waals surface area contributed by atoms with Crippen molar-refractivity contribution in [3.8, 4) is 0 Å². The van der Waals surface area contributed by atoms with E-state index in [1.54, 1.807) is 0 Å². The number of benzene rings is 2. The Hall–Kier alpha value is -3.09. The van der Waals surface area contributed by atoms with Crippen LogP contribution in [0.4, 0.5) is 18.9 Å².